The highest BCUT2D eigenvalue weighted by Gasteiger charge is 2.08. The lowest BCUT2D eigenvalue weighted by Gasteiger charge is -2.23. The molecular weight excluding hydrogens is 208 g/mol. The van der Waals surface area contributed by atoms with Gasteiger partial charge in [0.2, 0.25) is 0 Å². The molecule has 0 saturated heterocycles. The summed E-state index contributed by atoms with van der Waals surface area (Å²) < 4.78 is 0. The third kappa shape index (κ3) is 9.37. The van der Waals surface area contributed by atoms with Crippen LogP contribution in [0.5, 0.6) is 0 Å². The van der Waals surface area contributed by atoms with Crippen molar-refractivity contribution in [2.75, 3.05) is 26.2 Å². The minimum atomic E-state index is 0.690. The zero-order valence-electron chi connectivity index (χ0n) is 12.2. The third-order valence-electron chi connectivity index (χ3n) is 3.33. The van der Waals surface area contributed by atoms with E-state index >= 15 is 0 Å². The summed E-state index contributed by atoms with van der Waals surface area (Å²) in [6.45, 7) is 15.2. The fraction of sp³-hybridized carbons (Fsp3) is 0.867. The van der Waals surface area contributed by atoms with Crippen LogP contribution in [-0.2, 0) is 0 Å². The van der Waals surface area contributed by atoms with Crippen molar-refractivity contribution in [1.82, 2.24) is 10.2 Å². The maximum atomic E-state index is 3.79. The summed E-state index contributed by atoms with van der Waals surface area (Å²) in [5.74, 6) is 0. The molecule has 102 valence electrons. The molecule has 0 rings (SSSR count). The second kappa shape index (κ2) is 12.1. The molecule has 0 heterocycles. The number of unbranched alkanes of at least 4 members (excludes halogenated alkanes) is 1. The highest BCUT2D eigenvalue weighted by molar-refractivity contribution is 4.72. The van der Waals surface area contributed by atoms with Gasteiger partial charge in [-0.05, 0) is 58.3 Å². The van der Waals surface area contributed by atoms with E-state index < -0.39 is 0 Å². The molecule has 2 heteroatoms. The van der Waals surface area contributed by atoms with Gasteiger partial charge in [0.25, 0.3) is 0 Å². The lowest BCUT2D eigenvalue weighted by molar-refractivity contribution is 0.276. The monoisotopic (exact) mass is 240 g/mol. The molecule has 1 N–H and O–H groups in total. The summed E-state index contributed by atoms with van der Waals surface area (Å²) in [7, 11) is 0. The highest BCUT2D eigenvalue weighted by atomic mass is 15.1. The van der Waals surface area contributed by atoms with Gasteiger partial charge in [-0.15, -0.1) is 6.58 Å². The summed E-state index contributed by atoms with van der Waals surface area (Å²) in [6, 6.07) is 0.690. The molecule has 0 aliphatic rings. The van der Waals surface area contributed by atoms with Crippen LogP contribution < -0.4 is 5.32 Å². The van der Waals surface area contributed by atoms with Gasteiger partial charge in [-0.2, -0.15) is 0 Å². The van der Waals surface area contributed by atoms with Gasteiger partial charge in [0.05, 0.1) is 0 Å². The third-order valence-corrected chi connectivity index (χ3v) is 3.33. The number of hydrogen-bond donors (Lipinski definition) is 1. The average Bonchev–Trinajstić information content (AvgIpc) is 2.36. The second-order valence-corrected chi connectivity index (χ2v) is 4.69. The largest absolute Gasteiger partial charge is 0.314 e. The van der Waals surface area contributed by atoms with E-state index in [1.807, 2.05) is 6.08 Å². The molecule has 2 nitrogen and oxygen atoms in total. The Balaban J connectivity index is 3.85. The van der Waals surface area contributed by atoms with Crippen LogP contribution in [0.3, 0.4) is 0 Å². The van der Waals surface area contributed by atoms with Crippen molar-refractivity contribution in [3.05, 3.63) is 12.7 Å². The molecule has 0 radical (unpaired) electrons. The van der Waals surface area contributed by atoms with E-state index in [-0.39, 0.29) is 0 Å². The van der Waals surface area contributed by atoms with E-state index in [1.165, 1.54) is 45.3 Å². The van der Waals surface area contributed by atoms with Crippen molar-refractivity contribution < 1.29 is 0 Å². The van der Waals surface area contributed by atoms with E-state index in [0.717, 1.165) is 13.0 Å². The first-order valence-corrected chi connectivity index (χ1v) is 7.35. The van der Waals surface area contributed by atoms with Crippen LogP contribution in [0.4, 0.5) is 0 Å². The average molecular weight is 240 g/mol. The second-order valence-electron chi connectivity index (χ2n) is 4.69. The maximum absolute atomic E-state index is 3.79. The molecule has 17 heavy (non-hydrogen) atoms. The van der Waals surface area contributed by atoms with Crippen LogP contribution in [0.2, 0.25) is 0 Å². The minimum Gasteiger partial charge on any atom is -0.314 e. The molecule has 0 aromatic carbocycles. The van der Waals surface area contributed by atoms with E-state index in [4.69, 9.17) is 0 Å². The van der Waals surface area contributed by atoms with Gasteiger partial charge >= 0.3 is 0 Å². The van der Waals surface area contributed by atoms with Crippen molar-refractivity contribution in [2.45, 2.75) is 58.9 Å². The molecule has 0 bridgehead atoms. The van der Waals surface area contributed by atoms with Gasteiger partial charge in [0.15, 0.2) is 0 Å². The molecule has 0 spiro atoms. The standard InChI is InChI=1S/C15H32N2/c1-5-9-10-11-15(16-13-6-2)12-14-17(7-3)8-4/h5,15-16H,1,6-14H2,2-4H3. The van der Waals surface area contributed by atoms with Gasteiger partial charge in [0.1, 0.15) is 0 Å². The van der Waals surface area contributed by atoms with Crippen molar-refractivity contribution >= 4 is 0 Å². The molecule has 0 amide bonds. The van der Waals surface area contributed by atoms with Gasteiger partial charge in [-0.3, -0.25) is 0 Å². The molecule has 0 aromatic rings. The number of nitrogens with zero attached hydrogens (tertiary/aromatic N) is 1. The normalized spacial score (nSPS) is 12.9. The molecule has 1 atom stereocenters. The predicted octanol–water partition coefficient (Wildman–Crippen LogP) is 3.44. The topological polar surface area (TPSA) is 15.3 Å². The number of allylic oxidation sites excluding steroid dienone is 1. The van der Waals surface area contributed by atoms with E-state index in [2.05, 4.69) is 37.6 Å². The first-order valence-electron chi connectivity index (χ1n) is 7.35. The summed E-state index contributed by atoms with van der Waals surface area (Å²) in [5.41, 5.74) is 0. The van der Waals surface area contributed by atoms with Gasteiger partial charge in [0, 0.05) is 6.04 Å². The van der Waals surface area contributed by atoms with Crippen LogP contribution in [0, 0.1) is 0 Å². The molecule has 0 aromatic heterocycles. The summed E-state index contributed by atoms with van der Waals surface area (Å²) in [6.07, 6.45) is 8.23. The Morgan fingerprint density at radius 2 is 1.88 bits per heavy atom. The van der Waals surface area contributed by atoms with Crippen molar-refractivity contribution in [2.24, 2.45) is 0 Å². The number of hydrogen-bond acceptors (Lipinski definition) is 2. The zero-order chi connectivity index (χ0) is 12.9. The minimum absolute atomic E-state index is 0.690. The zero-order valence-corrected chi connectivity index (χ0v) is 12.2. The van der Waals surface area contributed by atoms with Crippen LogP contribution >= 0.6 is 0 Å². The SMILES string of the molecule is C=CCCCC(CCN(CC)CC)NCCC. The fourth-order valence-electron chi connectivity index (χ4n) is 2.08. The fourth-order valence-corrected chi connectivity index (χ4v) is 2.08. The smallest absolute Gasteiger partial charge is 0.00793 e. The summed E-state index contributed by atoms with van der Waals surface area (Å²) in [4.78, 5) is 2.51. The molecule has 0 fully saturated rings. The van der Waals surface area contributed by atoms with Crippen LogP contribution in [0.25, 0.3) is 0 Å². The van der Waals surface area contributed by atoms with Gasteiger partial charge in [-0.1, -0.05) is 26.8 Å². The van der Waals surface area contributed by atoms with Gasteiger partial charge in [-0.25, -0.2) is 0 Å². The molecule has 0 saturated carbocycles. The molecule has 0 aliphatic carbocycles. The van der Waals surface area contributed by atoms with Gasteiger partial charge < -0.3 is 10.2 Å². The molecular formula is C15H32N2. The van der Waals surface area contributed by atoms with E-state index in [9.17, 15) is 0 Å². The number of nitrogens with one attached hydrogen (secondary N) is 1. The quantitative estimate of drug-likeness (QED) is 0.415. The highest BCUT2D eigenvalue weighted by Crippen LogP contribution is 2.06. The summed E-state index contributed by atoms with van der Waals surface area (Å²) >= 11 is 0. The first-order chi connectivity index (χ1) is 8.28. The van der Waals surface area contributed by atoms with Crippen molar-refractivity contribution in [3.63, 3.8) is 0 Å². The van der Waals surface area contributed by atoms with E-state index in [1.54, 1.807) is 0 Å². The Morgan fingerprint density at radius 1 is 1.18 bits per heavy atom. The maximum Gasteiger partial charge on any atom is 0.00793 e. The number of rotatable bonds is 12. The van der Waals surface area contributed by atoms with Crippen LogP contribution in [0.15, 0.2) is 12.7 Å². The van der Waals surface area contributed by atoms with Crippen molar-refractivity contribution in [1.29, 1.82) is 0 Å². The lowest BCUT2D eigenvalue weighted by Crippen LogP contribution is -2.34. The Bertz CT molecular complexity index is 164. The molecule has 1 unspecified atom stereocenters. The Labute approximate surface area is 108 Å². The van der Waals surface area contributed by atoms with Crippen molar-refractivity contribution in [3.8, 4) is 0 Å². The summed E-state index contributed by atoms with van der Waals surface area (Å²) in [5, 5.41) is 3.67. The Kier molecular flexibility index (Phi) is 11.9. The van der Waals surface area contributed by atoms with E-state index in [0.29, 0.717) is 6.04 Å². The first kappa shape index (κ1) is 16.7. The van der Waals surface area contributed by atoms with Crippen LogP contribution in [-0.4, -0.2) is 37.1 Å². The Hall–Kier alpha value is -0.340. The lowest BCUT2D eigenvalue weighted by atomic mass is 10.1. The molecule has 0 aliphatic heterocycles. The Morgan fingerprint density at radius 3 is 2.41 bits per heavy atom. The predicted molar refractivity (Wildman–Crippen MR) is 78.5 cm³/mol. The van der Waals surface area contributed by atoms with Crippen LogP contribution in [0.1, 0.15) is 52.9 Å².